The fourth-order valence-corrected chi connectivity index (χ4v) is 3.41. The second kappa shape index (κ2) is 11.1. The summed E-state index contributed by atoms with van der Waals surface area (Å²) in [6.07, 6.45) is 1.64. The van der Waals surface area contributed by atoms with Gasteiger partial charge in [-0.25, -0.2) is 4.79 Å². The molecule has 1 aliphatic rings. The van der Waals surface area contributed by atoms with Crippen LogP contribution < -0.4 is 24.8 Å². The van der Waals surface area contributed by atoms with Crippen molar-refractivity contribution in [2.75, 3.05) is 46.3 Å². The fourth-order valence-electron chi connectivity index (χ4n) is 3.41. The molecule has 2 amide bonds. The third-order valence-electron chi connectivity index (χ3n) is 4.91. The van der Waals surface area contributed by atoms with E-state index >= 15 is 0 Å². The third kappa shape index (κ3) is 7.82. The van der Waals surface area contributed by atoms with Crippen LogP contribution >= 0.6 is 0 Å². The molecule has 1 saturated heterocycles. The second-order valence-corrected chi connectivity index (χ2v) is 8.47. The van der Waals surface area contributed by atoms with Crippen molar-refractivity contribution >= 4 is 17.7 Å². The Morgan fingerprint density at radius 1 is 1.03 bits per heavy atom. The van der Waals surface area contributed by atoms with Crippen molar-refractivity contribution < 1.29 is 28.5 Å². The Bertz CT molecular complexity index is 729. The zero-order valence-electron chi connectivity index (χ0n) is 19.4. The molecule has 1 aromatic carbocycles. The molecule has 1 fully saturated rings. The lowest BCUT2D eigenvalue weighted by molar-refractivity contribution is -0.116. The number of piperidine rings is 1. The van der Waals surface area contributed by atoms with E-state index in [9.17, 15) is 9.59 Å². The van der Waals surface area contributed by atoms with Crippen LogP contribution in [0.3, 0.4) is 0 Å². The Hall–Kier alpha value is -2.68. The number of hydrogen-bond donors (Lipinski definition) is 2. The molecule has 0 aliphatic carbocycles. The molecule has 0 atom stereocenters. The van der Waals surface area contributed by atoms with Gasteiger partial charge in [-0.1, -0.05) is 0 Å². The second-order valence-electron chi connectivity index (χ2n) is 8.47. The quantitative estimate of drug-likeness (QED) is 0.645. The summed E-state index contributed by atoms with van der Waals surface area (Å²) in [6.45, 7) is 7.82. The van der Waals surface area contributed by atoms with Crippen LogP contribution in [0.15, 0.2) is 12.1 Å². The van der Waals surface area contributed by atoms with Crippen molar-refractivity contribution in [1.29, 1.82) is 0 Å². The normalized spacial score (nSPS) is 15.2. The summed E-state index contributed by atoms with van der Waals surface area (Å²) < 4.78 is 21.2. The summed E-state index contributed by atoms with van der Waals surface area (Å²) in [5.74, 6) is 1.35. The van der Waals surface area contributed by atoms with E-state index in [0.29, 0.717) is 35.9 Å². The monoisotopic (exact) mass is 437 g/mol. The van der Waals surface area contributed by atoms with Crippen molar-refractivity contribution in [3.05, 3.63) is 12.1 Å². The molecule has 9 nitrogen and oxygen atoms in total. The third-order valence-corrected chi connectivity index (χ3v) is 4.91. The van der Waals surface area contributed by atoms with Gasteiger partial charge >= 0.3 is 6.09 Å². The number of hydrogen-bond acceptors (Lipinski definition) is 7. The van der Waals surface area contributed by atoms with Crippen molar-refractivity contribution in [2.24, 2.45) is 0 Å². The van der Waals surface area contributed by atoms with Gasteiger partial charge in [-0.15, -0.1) is 0 Å². The van der Waals surface area contributed by atoms with Gasteiger partial charge in [0.05, 0.1) is 21.3 Å². The highest BCUT2D eigenvalue weighted by Crippen LogP contribution is 2.39. The topological polar surface area (TPSA) is 98.4 Å². The highest BCUT2D eigenvalue weighted by atomic mass is 16.6. The van der Waals surface area contributed by atoms with E-state index in [1.165, 1.54) is 21.3 Å². The molecular formula is C22H35N3O6. The van der Waals surface area contributed by atoms with Gasteiger partial charge in [0.25, 0.3) is 0 Å². The number of alkyl carbamates (subject to hydrolysis) is 1. The van der Waals surface area contributed by atoms with Crippen molar-refractivity contribution in [2.45, 2.75) is 51.7 Å². The summed E-state index contributed by atoms with van der Waals surface area (Å²) in [6, 6.07) is 3.50. The Morgan fingerprint density at radius 2 is 1.61 bits per heavy atom. The number of benzene rings is 1. The molecule has 2 N–H and O–H groups in total. The Morgan fingerprint density at radius 3 is 2.10 bits per heavy atom. The summed E-state index contributed by atoms with van der Waals surface area (Å²) in [5.41, 5.74) is 0.0792. The predicted octanol–water partition coefficient (Wildman–Crippen LogP) is 3.03. The smallest absolute Gasteiger partial charge is 0.407 e. The summed E-state index contributed by atoms with van der Waals surface area (Å²) in [5, 5.41) is 5.81. The molecule has 0 radical (unpaired) electrons. The van der Waals surface area contributed by atoms with Gasteiger partial charge in [0, 0.05) is 49.9 Å². The number of nitrogens with zero attached hydrogens (tertiary/aromatic N) is 1. The number of nitrogens with one attached hydrogen (secondary N) is 2. The number of methoxy groups -OCH3 is 3. The van der Waals surface area contributed by atoms with Crippen LogP contribution in [-0.4, -0.2) is 69.5 Å². The maximum atomic E-state index is 12.4. The average molecular weight is 438 g/mol. The van der Waals surface area contributed by atoms with E-state index in [2.05, 4.69) is 15.5 Å². The van der Waals surface area contributed by atoms with Crippen molar-refractivity contribution in [3.63, 3.8) is 0 Å². The number of anilines is 1. The lowest BCUT2D eigenvalue weighted by atomic mass is 10.1. The molecule has 174 valence electrons. The number of carbonyl (C=O) groups excluding carboxylic acids is 2. The summed E-state index contributed by atoms with van der Waals surface area (Å²) >= 11 is 0. The SMILES string of the molecule is COc1cc(NC(=O)CCN2CCC(NC(=O)OC(C)(C)C)CC2)cc(OC)c1OC. The van der Waals surface area contributed by atoms with Crippen LogP contribution in [0.5, 0.6) is 17.2 Å². The van der Waals surface area contributed by atoms with E-state index < -0.39 is 5.60 Å². The number of carbonyl (C=O) groups is 2. The van der Waals surface area contributed by atoms with Crippen LogP contribution in [0.25, 0.3) is 0 Å². The van der Waals surface area contributed by atoms with Crippen LogP contribution in [0.1, 0.15) is 40.0 Å². The van der Waals surface area contributed by atoms with E-state index in [-0.39, 0.29) is 18.0 Å². The minimum absolute atomic E-state index is 0.0942. The minimum Gasteiger partial charge on any atom is -0.493 e. The first-order valence-corrected chi connectivity index (χ1v) is 10.5. The minimum atomic E-state index is -0.504. The standard InChI is InChI=1S/C22H35N3O6/c1-22(2,3)31-21(27)24-15-7-10-25(11-8-15)12-9-19(26)23-16-13-17(28-4)20(30-6)18(14-16)29-5/h13-15H,7-12H2,1-6H3,(H,23,26)(H,24,27). The Labute approximate surface area is 184 Å². The molecular weight excluding hydrogens is 402 g/mol. The van der Waals surface area contributed by atoms with Crippen LogP contribution in [-0.2, 0) is 9.53 Å². The number of ether oxygens (including phenoxy) is 4. The number of likely N-dealkylation sites (tertiary alicyclic amines) is 1. The van der Waals surface area contributed by atoms with Gasteiger partial charge in [-0.2, -0.15) is 0 Å². The van der Waals surface area contributed by atoms with Gasteiger partial charge in [0.15, 0.2) is 11.5 Å². The molecule has 1 aliphatic heterocycles. The molecule has 1 aromatic rings. The lowest BCUT2D eigenvalue weighted by Crippen LogP contribution is -2.46. The predicted molar refractivity (Wildman–Crippen MR) is 118 cm³/mol. The first-order valence-electron chi connectivity index (χ1n) is 10.5. The van der Waals surface area contributed by atoms with E-state index in [1.807, 2.05) is 20.8 Å². The lowest BCUT2D eigenvalue weighted by Gasteiger charge is -2.32. The zero-order valence-corrected chi connectivity index (χ0v) is 19.4. The average Bonchev–Trinajstić information content (AvgIpc) is 2.71. The first-order chi connectivity index (χ1) is 14.6. The van der Waals surface area contributed by atoms with Gasteiger partial charge in [0.2, 0.25) is 11.7 Å². The molecule has 1 heterocycles. The number of amides is 2. The molecule has 0 unspecified atom stereocenters. The summed E-state index contributed by atoms with van der Waals surface area (Å²) in [7, 11) is 4.60. The first kappa shape index (κ1) is 24.6. The molecule has 9 heteroatoms. The molecule has 0 saturated carbocycles. The van der Waals surface area contributed by atoms with Crippen molar-refractivity contribution in [1.82, 2.24) is 10.2 Å². The molecule has 2 rings (SSSR count). The maximum Gasteiger partial charge on any atom is 0.407 e. The highest BCUT2D eigenvalue weighted by Gasteiger charge is 2.24. The van der Waals surface area contributed by atoms with Crippen molar-refractivity contribution in [3.8, 4) is 17.2 Å². The molecule has 0 aromatic heterocycles. The van der Waals surface area contributed by atoms with E-state index in [1.54, 1.807) is 12.1 Å². The Balaban J connectivity index is 1.78. The van der Waals surface area contributed by atoms with Gasteiger partial charge in [-0.05, 0) is 33.6 Å². The van der Waals surface area contributed by atoms with Crippen LogP contribution in [0.2, 0.25) is 0 Å². The maximum absolute atomic E-state index is 12.4. The number of rotatable bonds is 8. The van der Waals surface area contributed by atoms with Crippen LogP contribution in [0.4, 0.5) is 10.5 Å². The fraction of sp³-hybridized carbons (Fsp3) is 0.636. The molecule has 0 bridgehead atoms. The van der Waals surface area contributed by atoms with E-state index in [0.717, 1.165) is 25.9 Å². The molecule has 31 heavy (non-hydrogen) atoms. The highest BCUT2D eigenvalue weighted by molar-refractivity contribution is 5.91. The van der Waals surface area contributed by atoms with Crippen LogP contribution in [0, 0.1) is 0 Å². The Kier molecular flexibility index (Phi) is 8.79. The molecule has 0 spiro atoms. The van der Waals surface area contributed by atoms with Gasteiger partial charge in [-0.3, -0.25) is 4.79 Å². The van der Waals surface area contributed by atoms with E-state index in [4.69, 9.17) is 18.9 Å². The van der Waals surface area contributed by atoms with Gasteiger partial charge < -0.3 is 34.5 Å². The largest absolute Gasteiger partial charge is 0.493 e. The van der Waals surface area contributed by atoms with Gasteiger partial charge in [0.1, 0.15) is 5.60 Å². The zero-order chi connectivity index (χ0) is 23.0. The summed E-state index contributed by atoms with van der Waals surface area (Å²) in [4.78, 5) is 26.6.